The lowest BCUT2D eigenvalue weighted by Gasteiger charge is -2.32. The highest BCUT2D eigenvalue weighted by Crippen LogP contribution is 2.31. The maximum Gasteiger partial charge on any atom is 0.180 e. The number of aromatic nitrogens is 3. The third kappa shape index (κ3) is 4.18. The molecule has 8 heteroatoms. The van der Waals surface area contributed by atoms with Gasteiger partial charge in [0.2, 0.25) is 0 Å². The molecule has 160 valence electrons. The van der Waals surface area contributed by atoms with E-state index in [1.165, 1.54) is 35.6 Å². The molecule has 0 radical (unpaired) electrons. The summed E-state index contributed by atoms with van der Waals surface area (Å²) in [4.78, 5) is 12.4. The van der Waals surface area contributed by atoms with Crippen LogP contribution in [0.1, 0.15) is 23.8 Å². The molecule has 1 fully saturated rings. The fourth-order valence-electron chi connectivity index (χ4n) is 4.35. The lowest BCUT2D eigenvalue weighted by molar-refractivity contribution is 0.190. The summed E-state index contributed by atoms with van der Waals surface area (Å²) < 4.78 is 28.9. The smallest absolute Gasteiger partial charge is 0.180 e. The van der Waals surface area contributed by atoms with E-state index in [-0.39, 0.29) is 11.6 Å². The number of anilines is 1. The molecule has 5 rings (SSSR count). The van der Waals surface area contributed by atoms with Gasteiger partial charge in [-0.3, -0.25) is 0 Å². The second-order valence-electron chi connectivity index (χ2n) is 7.94. The number of benzene rings is 2. The van der Waals surface area contributed by atoms with Crippen LogP contribution in [0.3, 0.4) is 0 Å². The lowest BCUT2D eigenvalue weighted by Crippen LogP contribution is -2.35. The zero-order valence-corrected chi connectivity index (χ0v) is 17.8. The number of thiazole rings is 1. The molecule has 0 saturated carbocycles. The van der Waals surface area contributed by atoms with Gasteiger partial charge in [0.25, 0.3) is 0 Å². The van der Waals surface area contributed by atoms with Crippen molar-refractivity contribution in [3.63, 3.8) is 0 Å². The number of hydrogen-bond donors (Lipinski definition) is 1. The Balaban J connectivity index is 1.22. The molecule has 2 N–H and O–H groups in total. The van der Waals surface area contributed by atoms with E-state index in [1.807, 2.05) is 12.4 Å². The fourth-order valence-corrected chi connectivity index (χ4v) is 5.19. The minimum Gasteiger partial charge on any atom is -0.375 e. The Morgan fingerprint density at radius 2 is 1.77 bits per heavy atom. The normalized spacial score (nSPS) is 15.7. The van der Waals surface area contributed by atoms with Crippen LogP contribution in [0.5, 0.6) is 0 Å². The number of nitrogens with zero attached hydrogens (tertiary/aromatic N) is 4. The van der Waals surface area contributed by atoms with Gasteiger partial charge in [-0.2, -0.15) is 0 Å². The topological polar surface area (TPSA) is 60.0 Å². The van der Waals surface area contributed by atoms with E-state index in [0.717, 1.165) is 60.5 Å². The van der Waals surface area contributed by atoms with Crippen LogP contribution in [-0.4, -0.2) is 39.1 Å². The highest BCUT2D eigenvalue weighted by Gasteiger charge is 2.22. The quantitative estimate of drug-likeness (QED) is 0.481. The van der Waals surface area contributed by atoms with E-state index >= 15 is 0 Å². The van der Waals surface area contributed by atoms with Crippen LogP contribution in [0.25, 0.3) is 22.3 Å². The fraction of sp³-hybridized carbons (Fsp3) is 0.304. The van der Waals surface area contributed by atoms with E-state index in [0.29, 0.717) is 16.7 Å². The molecule has 1 aliphatic heterocycles. The van der Waals surface area contributed by atoms with E-state index < -0.39 is 0 Å². The van der Waals surface area contributed by atoms with Gasteiger partial charge in [0.1, 0.15) is 11.6 Å². The maximum atomic E-state index is 13.4. The molecule has 5 nitrogen and oxygen atoms in total. The molecule has 31 heavy (non-hydrogen) atoms. The molecular formula is C23H23F2N5S. The van der Waals surface area contributed by atoms with E-state index in [4.69, 9.17) is 5.73 Å². The second-order valence-corrected chi connectivity index (χ2v) is 9.05. The van der Waals surface area contributed by atoms with Crippen LogP contribution in [0.4, 0.5) is 13.9 Å². The molecule has 0 aliphatic carbocycles. The van der Waals surface area contributed by atoms with E-state index in [1.54, 1.807) is 12.1 Å². The van der Waals surface area contributed by atoms with Gasteiger partial charge in [-0.05, 0) is 55.7 Å². The number of nitrogen functional groups attached to an aromatic ring is 1. The zero-order chi connectivity index (χ0) is 21.4. The van der Waals surface area contributed by atoms with Gasteiger partial charge in [0.15, 0.2) is 5.13 Å². The van der Waals surface area contributed by atoms with Crippen molar-refractivity contribution in [3.8, 4) is 11.3 Å². The van der Waals surface area contributed by atoms with Crippen molar-refractivity contribution in [2.75, 3.05) is 25.4 Å². The van der Waals surface area contributed by atoms with Crippen molar-refractivity contribution in [2.24, 2.45) is 0 Å². The van der Waals surface area contributed by atoms with Crippen molar-refractivity contribution < 1.29 is 8.78 Å². The largest absolute Gasteiger partial charge is 0.375 e. The van der Waals surface area contributed by atoms with Crippen LogP contribution >= 0.6 is 11.3 Å². The molecule has 0 atom stereocenters. The summed E-state index contributed by atoms with van der Waals surface area (Å²) in [6, 6.07) is 11.6. The molecule has 1 aliphatic rings. The molecule has 1 saturated heterocycles. The first-order valence-corrected chi connectivity index (χ1v) is 11.2. The van der Waals surface area contributed by atoms with Crippen molar-refractivity contribution in [3.05, 3.63) is 65.3 Å². The summed E-state index contributed by atoms with van der Waals surface area (Å²) >= 11 is 1.51. The average molecular weight is 440 g/mol. The standard InChI is InChI=1S/C23H23F2N5S/c24-16-3-1-15(2-4-16)22-21(31-23(26)28-22)9-12-29-10-7-18(8-11-29)30-14-27-19-13-17(25)5-6-20(19)30/h1-6,13-14,18H,7-12H2,(H2,26,28). The third-order valence-corrected chi connectivity index (χ3v) is 6.92. The van der Waals surface area contributed by atoms with Crippen LogP contribution in [-0.2, 0) is 6.42 Å². The molecular weight excluding hydrogens is 416 g/mol. The van der Waals surface area contributed by atoms with E-state index in [2.05, 4.69) is 19.4 Å². The van der Waals surface area contributed by atoms with Crippen molar-refractivity contribution in [1.29, 1.82) is 0 Å². The Hall–Kier alpha value is -2.84. The number of likely N-dealkylation sites (tertiary alicyclic amines) is 1. The minimum atomic E-state index is -0.257. The van der Waals surface area contributed by atoms with Crippen LogP contribution in [0.15, 0.2) is 48.8 Å². The first-order valence-electron chi connectivity index (χ1n) is 10.4. The van der Waals surface area contributed by atoms with Crippen molar-refractivity contribution in [1.82, 2.24) is 19.4 Å². The summed E-state index contributed by atoms with van der Waals surface area (Å²) in [5.41, 5.74) is 9.42. The Morgan fingerprint density at radius 1 is 1.03 bits per heavy atom. The maximum absolute atomic E-state index is 13.4. The van der Waals surface area contributed by atoms with Crippen molar-refractivity contribution in [2.45, 2.75) is 25.3 Å². The second kappa shape index (κ2) is 8.36. The van der Waals surface area contributed by atoms with Gasteiger partial charge in [-0.25, -0.2) is 18.7 Å². The van der Waals surface area contributed by atoms with Gasteiger partial charge in [-0.15, -0.1) is 11.3 Å². The molecule has 2 aromatic carbocycles. The van der Waals surface area contributed by atoms with Crippen LogP contribution in [0, 0.1) is 11.6 Å². The highest BCUT2D eigenvalue weighted by atomic mass is 32.1. The van der Waals surface area contributed by atoms with Gasteiger partial charge >= 0.3 is 0 Å². The Morgan fingerprint density at radius 3 is 2.55 bits per heavy atom. The average Bonchev–Trinajstić information content (AvgIpc) is 3.36. The molecule has 0 unspecified atom stereocenters. The Bertz CT molecular complexity index is 1190. The summed E-state index contributed by atoms with van der Waals surface area (Å²) in [6.07, 6.45) is 4.75. The summed E-state index contributed by atoms with van der Waals surface area (Å²) in [5, 5.41) is 0.538. The van der Waals surface area contributed by atoms with Gasteiger partial charge in [0.05, 0.1) is 23.1 Å². The Labute approximate surface area is 183 Å². The first kappa shape index (κ1) is 20.1. The van der Waals surface area contributed by atoms with Gasteiger partial charge in [-0.1, -0.05) is 0 Å². The zero-order valence-electron chi connectivity index (χ0n) is 17.0. The first-order chi connectivity index (χ1) is 15.1. The molecule has 0 bridgehead atoms. The number of nitrogens with two attached hydrogens (primary N) is 1. The summed E-state index contributed by atoms with van der Waals surface area (Å²) in [6.45, 7) is 2.91. The monoisotopic (exact) mass is 439 g/mol. The van der Waals surface area contributed by atoms with Crippen LogP contribution in [0.2, 0.25) is 0 Å². The number of halogens is 2. The number of piperidine rings is 1. The SMILES string of the molecule is Nc1nc(-c2ccc(F)cc2)c(CCN2CCC(n3cnc4cc(F)ccc43)CC2)s1. The van der Waals surface area contributed by atoms with Crippen molar-refractivity contribution >= 4 is 27.5 Å². The van der Waals surface area contributed by atoms with E-state index in [9.17, 15) is 8.78 Å². The molecule has 0 spiro atoms. The number of rotatable bonds is 5. The molecule has 2 aromatic heterocycles. The van der Waals surface area contributed by atoms with Gasteiger partial charge in [0, 0.05) is 42.2 Å². The predicted octanol–water partition coefficient (Wildman–Crippen LogP) is 4.90. The summed E-state index contributed by atoms with van der Waals surface area (Å²) in [7, 11) is 0. The molecule has 3 heterocycles. The number of hydrogen-bond acceptors (Lipinski definition) is 5. The third-order valence-electron chi connectivity index (χ3n) is 5.97. The molecule has 0 amide bonds. The lowest BCUT2D eigenvalue weighted by atomic mass is 10.0. The predicted molar refractivity (Wildman–Crippen MR) is 120 cm³/mol. The van der Waals surface area contributed by atoms with Gasteiger partial charge < -0.3 is 15.2 Å². The highest BCUT2D eigenvalue weighted by molar-refractivity contribution is 7.15. The minimum absolute atomic E-state index is 0.253. The molecule has 4 aromatic rings. The number of fused-ring (bicyclic) bond motifs is 1. The summed E-state index contributed by atoms with van der Waals surface area (Å²) in [5.74, 6) is -0.511. The number of imidazole rings is 1. The Kier molecular flexibility index (Phi) is 5.41. The van der Waals surface area contributed by atoms with Crippen LogP contribution < -0.4 is 5.73 Å².